The number of hydrogen-bond donors (Lipinski definition) is 0. The summed E-state index contributed by atoms with van der Waals surface area (Å²) in [4.78, 5) is 0. The van der Waals surface area contributed by atoms with Gasteiger partial charge in [0.1, 0.15) is 17.4 Å². The standard InChI is InChI=1S/C12H16F2O/c1-12(2,3)7-9-10(13)5-8(15-4)6-11(9)14/h5-6H,7H2,1-4H3. The van der Waals surface area contributed by atoms with Crippen LogP contribution in [-0.2, 0) is 6.42 Å². The van der Waals surface area contributed by atoms with E-state index in [9.17, 15) is 8.78 Å². The van der Waals surface area contributed by atoms with Gasteiger partial charge in [-0.1, -0.05) is 20.8 Å². The van der Waals surface area contributed by atoms with Crippen LogP contribution in [0, 0.1) is 17.0 Å². The first-order chi connectivity index (χ1) is 6.83. The zero-order valence-electron chi connectivity index (χ0n) is 9.53. The minimum absolute atomic E-state index is 0.128. The molecule has 0 amide bonds. The van der Waals surface area contributed by atoms with Crippen LogP contribution in [0.25, 0.3) is 0 Å². The number of ether oxygens (including phenoxy) is 1. The van der Waals surface area contributed by atoms with Gasteiger partial charge in [-0.15, -0.1) is 0 Å². The molecule has 1 aromatic rings. The van der Waals surface area contributed by atoms with Gasteiger partial charge in [0.05, 0.1) is 7.11 Å². The second kappa shape index (κ2) is 4.17. The van der Waals surface area contributed by atoms with Gasteiger partial charge in [-0.05, 0) is 11.8 Å². The first-order valence-corrected chi connectivity index (χ1v) is 4.85. The van der Waals surface area contributed by atoms with Gasteiger partial charge in [0.25, 0.3) is 0 Å². The maximum absolute atomic E-state index is 13.5. The number of benzene rings is 1. The first kappa shape index (κ1) is 12.0. The Kier molecular flexibility index (Phi) is 3.32. The van der Waals surface area contributed by atoms with Crippen molar-refractivity contribution in [2.24, 2.45) is 5.41 Å². The molecule has 0 aromatic heterocycles. The molecule has 0 saturated carbocycles. The van der Waals surface area contributed by atoms with Gasteiger partial charge in [-0.2, -0.15) is 0 Å². The summed E-state index contributed by atoms with van der Waals surface area (Å²) in [5.41, 5.74) is -0.0145. The molecule has 15 heavy (non-hydrogen) atoms. The van der Waals surface area contributed by atoms with Crippen LogP contribution in [0.1, 0.15) is 26.3 Å². The van der Waals surface area contributed by atoms with Crippen LogP contribution in [-0.4, -0.2) is 7.11 Å². The molecule has 0 aliphatic heterocycles. The highest BCUT2D eigenvalue weighted by Crippen LogP contribution is 2.27. The van der Waals surface area contributed by atoms with Gasteiger partial charge >= 0.3 is 0 Å². The van der Waals surface area contributed by atoms with Gasteiger partial charge in [-0.25, -0.2) is 8.78 Å². The molecule has 0 atom stereocenters. The molecule has 0 fully saturated rings. The van der Waals surface area contributed by atoms with Crippen molar-refractivity contribution in [3.05, 3.63) is 29.3 Å². The summed E-state index contributed by atoms with van der Waals surface area (Å²) in [6, 6.07) is 2.42. The second-order valence-corrected chi connectivity index (χ2v) is 4.81. The van der Waals surface area contributed by atoms with E-state index in [1.807, 2.05) is 20.8 Å². The van der Waals surface area contributed by atoms with E-state index in [2.05, 4.69) is 0 Å². The summed E-state index contributed by atoms with van der Waals surface area (Å²) in [5.74, 6) is -0.869. The third-order valence-corrected chi connectivity index (χ3v) is 2.06. The maximum Gasteiger partial charge on any atom is 0.133 e. The van der Waals surface area contributed by atoms with Crippen molar-refractivity contribution in [3.63, 3.8) is 0 Å². The van der Waals surface area contributed by atoms with E-state index < -0.39 is 11.6 Å². The predicted octanol–water partition coefficient (Wildman–Crippen LogP) is 3.56. The molecule has 84 valence electrons. The van der Waals surface area contributed by atoms with Crippen LogP contribution in [0.5, 0.6) is 5.75 Å². The fourth-order valence-electron chi connectivity index (χ4n) is 1.40. The lowest BCUT2D eigenvalue weighted by Gasteiger charge is -2.19. The molecule has 1 nitrogen and oxygen atoms in total. The first-order valence-electron chi connectivity index (χ1n) is 4.85. The van der Waals surface area contributed by atoms with Crippen LogP contribution in [0.15, 0.2) is 12.1 Å². The fourth-order valence-corrected chi connectivity index (χ4v) is 1.40. The lowest BCUT2D eigenvalue weighted by Crippen LogP contribution is -2.12. The molecule has 0 saturated heterocycles. The highest BCUT2D eigenvalue weighted by Gasteiger charge is 2.18. The molecular formula is C12H16F2O. The average Bonchev–Trinajstić information content (AvgIpc) is 2.09. The van der Waals surface area contributed by atoms with Crippen molar-refractivity contribution in [1.82, 2.24) is 0 Å². The lowest BCUT2D eigenvalue weighted by molar-refractivity contribution is 0.381. The molecule has 1 aromatic carbocycles. The van der Waals surface area contributed by atoms with Crippen LogP contribution in [0.3, 0.4) is 0 Å². The minimum Gasteiger partial charge on any atom is -0.497 e. The lowest BCUT2D eigenvalue weighted by atomic mass is 9.87. The number of hydrogen-bond acceptors (Lipinski definition) is 1. The van der Waals surface area contributed by atoms with Crippen molar-refractivity contribution < 1.29 is 13.5 Å². The Hall–Kier alpha value is -1.12. The molecule has 0 radical (unpaired) electrons. The third-order valence-electron chi connectivity index (χ3n) is 2.06. The second-order valence-electron chi connectivity index (χ2n) is 4.81. The summed E-state index contributed by atoms with van der Waals surface area (Å²) >= 11 is 0. The Balaban J connectivity index is 3.09. The van der Waals surface area contributed by atoms with Crippen LogP contribution < -0.4 is 4.74 Å². The Bertz CT molecular complexity index is 330. The normalized spacial score (nSPS) is 11.6. The molecule has 1 rings (SSSR count). The highest BCUT2D eigenvalue weighted by atomic mass is 19.1. The SMILES string of the molecule is COc1cc(F)c(CC(C)(C)C)c(F)c1. The summed E-state index contributed by atoms with van der Waals surface area (Å²) < 4.78 is 31.8. The molecular weight excluding hydrogens is 198 g/mol. The zero-order valence-corrected chi connectivity index (χ0v) is 9.53. The quantitative estimate of drug-likeness (QED) is 0.731. The predicted molar refractivity (Wildman–Crippen MR) is 56.1 cm³/mol. The fraction of sp³-hybridized carbons (Fsp3) is 0.500. The Morgan fingerprint density at radius 1 is 1.13 bits per heavy atom. The molecule has 0 N–H and O–H groups in total. The van der Waals surface area contributed by atoms with Gasteiger partial charge in [-0.3, -0.25) is 0 Å². The zero-order chi connectivity index (χ0) is 11.6. The van der Waals surface area contributed by atoms with Gasteiger partial charge in [0.2, 0.25) is 0 Å². The van der Waals surface area contributed by atoms with Crippen LogP contribution in [0.2, 0.25) is 0 Å². The summed E-state index contributed by atoms with van der Waals surface area (Å²) in [6.07, 6.45) is 0.370. The molecule has 0 aliphatic carbocycles. The minimum atomic E-state index is -0.540. The molecule has 0 spiro atoms. The van der Waals surface area contributed by atoms with Crippen molar-refractivity contribution in [3.8, 4) is 5.75 Å². The van der Waals surface area contributed by atoms with Crippen molar-refractivity contribution in [2.45, 2.75) is 27.2 Å². The van der Waals surface area contributed by atoms with E-state index in [4.69, 9.17) is 4.74 Å². The van der Waals surface area contributed by atoms with Gasteiger partial charge < -0.3 is 4.74 Å². The van der Waals surface area contributed by atoms with Gasteiger partial charge in [0, 0.05) is 17.7 Å². The van der Waals surface area contributed by atoms with Crippen molar-refractivity contribution >= 4 is 0 Å². The summed E-state index contributed by atoms with van der Waals surface area (Å²) in [6.45, 7) is 5.82. The van der Waals surface area contributed by atoms with E-state index in [1.165, 1.54) is 19.2 Å². The van der Waals surface area contributed by atoms with Crippen molar-refractivity contribution in [1.29, 1.82) is 0 Å². The van der Waals surface area contributed by atoms with E-state index in [0.717, 1.165) is 0 Å². The highest BCUT2D eigenvalue weighted by molar-refractivity contribution is 5.31. The Labute approximate surface area is 89.1 Å². The van der Waals surface area contributed by atoms with E-state index in [0.29, 0.717) is 6.42 Å². The molecule has 0 aliphatic rings. The molecule has 0 unspecified atom stereocenters. The van der Waals surface area contributed by atoms with Crippen LogP contribution in [0.4, 0.5) is 8.78 Å². The van der Waals surface area contributed by atoms with Crippen molar-refractivity contribution in [2.75, 3.05) is 7.11 Å². The Morgan fingerprint density at radius 3 is 1.93 bits per heavy atom. The van der Waals surface area contributed by atoms with Crippen LogP contribution >= 0.6 is 0 Å². The monoisotopic (exact) mass is 214 g/mol. The van der Waals surface area contributed by atoms with E-state index in [1.54, 1.807) is 0 Å². The summed E-state index contributed by atoms with van der Waals surface area (Å²) in [7, 11) is 1.39. The number of methoxy groups -OCH3 is 1. The molecule has 3 heteroatoms. The maximum atomic E-state index is 13.5. The largest absolute Gasteiger partial charge is 0.497 e. The van der Waals surface area contributed by atoms with E-state index >= 15 is 0 Å². The topological polar surface area (TPSA) is 9.23 Å². The van der Waals surface area contributed by atoms with Gasteiger partial charge in [0.15, 0.2) is 0 Å². The van der Waals surface area contributed by atoms with E-state index in [-0.39, 0.29) is 16.7 Å². The Morgan fingerprint density at radius 2 is 1.60 bits per heavy atom. The smallest absolute Gasteiger partial charge is 0.133 e. The molecule has 0 bridgehead atoms. The molecule has 0 heterocycles. The number of halogens is 2. The number of rotatable bonds is 2. The summed E-state index contributed by atoms with van der Waals surface area (Å²) in [5, 5.41) is 0. The third kappa shape index (κ3) is 3.18. The average molecular weight is 214 g/mol.